The van der Waals surface area contributed by atoms with E-state index in [1.165, 1.54) is 5.56 Å². The molecule has 0 atom stereocenters. The van der Waals surface area contributed by atoms with Gasteiger partial charge in [0.1, 0.15) is 5.78 Å². The van der Waals surface area contributed by atoms with Crippen LogP contribution in [0.2, 0.25) is 0 Å². The Balaban J connectivity index is 2.27. The number of benzene rings is 1. The first-order valence-electron chi connectivity index (χ1n) is 6.12. The van der Waals surface area contributed by atoms with Gasteiger partial charge in [-0.25, -0.2) is 0 Å². The van der Waals surface area contributed by atoms with Crippen molar-refractivity contribution in [3.63, 3.8) is 0 Å². The fourth-order valence-electron chi connectivity index (χ4n) is 2.22. The van der Waals surface area contributed by atoms with Crippen molar-refractivity contribution in [3.8, 4) is 0 Å². The largest absolute Gasteiger partial charge is 0.311 e. The second-order valence-corrected chi connectivity index (χ2v) is 4.39. The van der Waals surface area contributed by atoms with Crippen molar-refractivity contribution < 1.29 is 9.59 Å². The molecule has 17 heavy (non-hydrogen) atoms. The van der Waals surface area contributed by atoms with Gasteiger partial charge >= 0.3 is 0 Å². The van der Waals surface area contributed by atoms with Gasteiger partial charge in [-0.1, -0.05) is 31.5 Å². The number of ketones is 1. The Morgan fingerprint density at radius 3 is 2.71 bits per heavy atom. The van der Waals surface area contributed by atoms with Gasteiger partial charge in [0.15, 0.2) is 0 Å². The number of hydrogen-bond donors (Lipinski definition) is 0. The van der Waals surface area contributed by atoms with Crippen LogP contribution in [0, 0.1) is 0 Å². The number of rotatable bonds is 3. The first-order chi connectivity index (χ1) is 8.22. The van der Waals surface area contributed by atoms with E-state index in [1.807, 2.05) is 18.2 Å². The summed E-state index contributed by atoms with van der Waals surface area (Å²) in [5.74, 6) is -0.0102. The van der Waals surface area contributed by atoms with Gasteiger partial charge in [-0.15, -0.1) is 0 Å². The minimum Gasteiger partial charge on any atom is -0.311 e. The Hall–Kier alpha value is -1.64. The van der Waals surface area contributed by atoms with Gasteiger partial charge in [0.25, 0.3) is 0 Å². The maximum Gasteiger partial charge on any atom is 0.234 e. The molecule has 0 N–H and O–H groups in total. The summed E-state index contributed by atoms with van der Waals surface area (Å²) in [5, 5.41) is 0. The van der Waals surface area contributed by atoms with Crippen LogP contribution in [0.25, 0.3) is 0 Å². The summed E-state index contributed by atoms with van der Waals surface area (Å²) in [6.07, 6.45) is 2.55. The van der Waals surface area contributed by atoms with Gasteiger partial charge in [-0.3, -0.25) is 9.59 Å². The van der Waals surface area contributed by atoms with Gasteiger partial charge in [0.05, 0.1) is 6.42 Å². The van der Waals surface area contributed by atoms with Crippen LogP contribution in [-0.2, 0) is 16.0 Å². The predicted molar refractivity (Wildman–Crippen MR) is 67.0 cm³/mol. The smallest absolute Gasteiger partial charge is 0.234 e. The first kappa shape index (κ1) is 11.8. The molecule has 0 saturated carbocycles. The van der Waals surface area contributed by atoms with Gasteiger partial charge in [-0.2, -0.15) is 0 Å². The van der Waals surface area contributed by atoms with Gasteiger partial charge in [-0.05, 0) is 18.1 Å². The number of hydrogen-bond acceptors (Lipinski definition) is 2. The third-order valence-corrected chi connectivity index (χ3v) is 3.07. The summed E-state index contributed by atoms with van der Waals surface area (Å²) < 4.78 is 0. The molecular weight excluding hydrogens is 214 g/mol. The van der Waals surface area contributed by atoms with Gasteiger partial charge in [0, 0.05) is 18.7 Å². The van der Waals surface area contributed by atoms with Crippen LogP contribution < -0.4 is 4.90 Å². The second kappa shape index (κ2) is 5.13. The Morgan fingerprint density at radius 1 is 1.24 bits per heavy atom. The summed E-state index contributed by atoms with van der Waals surface area (Å²) >= 11 is 0. The molecule has 1 heterocycles. The molecule has 1 aliphatic heterocycles. The van der Waals surface area contributed by atoms with Crippen molar-refractivity contribution >= 4 is 17.4 Å². The lowest BCUT2D eigenvalue weighted by Gasteiger charge is -2.28. The summed E-state index contributed by atoms with van der Waals surface area (Å²) in [5.41, 5.74) is 2.17. The zero-order valence-electron chi connectivity index (χ0n) is 10.1. The van der Waals surface area contributed by atoms with Crippen molar-refractivity contribution in [2.75, 3.05) is 11.4 Å². The average Bonchev–Trinajstić information content (AvgIpc) is 2.31. The van der Waals surface area contributed by atoms with Gasteiger partial charge in [0.2, 0.25) is 5.91 Å². The van der Waals surface area contributed by atoms with E-state index < -0.39 is 0 Å². The van der Waals surface area contributed by atoms with Gasteiger partial charge < -0.3 is 4.90 Å². The zero-order valence-corrected chi connectivity index (χ0v) is 10.1. The molecule has 1 aliphatic rings. The molecule has 90 valence electrons. The number of amides is 1. The zero-order chi connectivity index (χ0) is 12.3. The van der Waals surface area contributed by atoms with E-state index >= 15 is 0 Å². The molecule has 1 saturated heterocycles. The minimum atomic E-state index is -0.0650. The Kier molecular flexibility index (Phi) is 3.57. The van der Waals surface area contributed by atoms with E-state index in [0.717, 1.165) is 18.5 Å². The highest BCUT2D eigenvalue weighted by Gasteiger charge is 2.25. The van der Waals surface area contributed by atoms with Crippen LogP contribution >= 0.6 is 0 Å². The number of Topliss-reactive ketones (excluding diaryl/α,β-unsaturated/α-hetero) is 1. The summed E-state index contributed by atoms with van der Waals surface area (Å²) in [4.78, 5) is 24.8. The van der Waals surface area contributed by atoms with Crippen LogP contribution in [0.15, 0.2) is 24.3 Å². The molecule has 1 aromatic rings. The molecule has 2 rings (SSSR count). The lowest BCUT2D eigenvalue weighted by atomic mass is 10.0. The van der Waals surface area contributed by atoms with Crippen LogP contribution in [0.1, 0.15) is 31.7 Å². The van der Waals surface area contributed by atoms with Crippen molar-refractivity contribution in [1.82, 2.24) is 0 Å². The van der Waals surface area contributed by atoms with Crippen LogP contribution in [0.3, 0.4) is 0 Å². The fourth-order valence-corrected chi connectivity index (χ4v) is 2.22. The Labute approximate surface area is 101 Å². The van der Waals surface area contributed by atoms with E-state index in [-0.39, 0.29) is 18.1 Å². The lowest BCUT2D eigenvalue weighted by Crippen LogP contribution is -2.39. The lowest BCUT2D eigenvalue weighted by molar-refractivity contribution is -0.128. The van der Waals surface area contributed by atoms with Crippen molar-refractivity contribution in [1.29, 1.82) is 0 Å². The van der Waals surface area contributed by atoms with Crippen LogP contribution in [0.4, 0.5) is 5.69 Å². The third kappa shape index (κ3) is 2.54. The number of aryl methyl sites for hydroxylation is 1. The van der Waals surface area contributed by atoms with Crippen LogP contribution in [-0.4, -0.2) is 18.2 Å². The monoisotopic (exact) mass is 231 g/mol. The molecule has 0 bridgehead atoms. The summed E-state index contributed by atoms with van der Waals surface area (Å²) in [6, 6.07) is 7.97. The highest BCUT2D eigenvalue weighted by Crippen LogP contribution is 2.24. The highest BCUT2D eigenvalue weighted by atomic mass is 16.2. The molecule has 0 spiro atoms. The van der Waals surface area contributed by atoms with E-state index in [9.17, 15) is 9.59 Å². The average molecular weight is 231 g/mol. The van der Waals surface area contributed by atoms with E-state index in [0.29, 0.717) is 13.0 Å². The van der Waals surface area contributed by atoms with E-state index in [4.69, 9.17) is 0 Å². The van der Waals surface area contributed by atoms with E-state index in [2.05, 4.69) is 13.0 Å². The van der Waals surface area contributed by atoms with E-state index in [1.54, 1.807) is 4.90 Å². The second-order valence-electron chi connectivity index (χ2n) is 4.39. The quantitative estimate of drug-likeness (QED) is 0.749. The maximum atomic E-state index is 11.9. The number of piperidine rings is 1. The minimum absolute atomic E-state index is 0.0548. The molecule has 0 unspecified atom stereocenters. The molecule has 1 amide bonds. The molecule has 3 heteroatoms. The van der Waals surface area contributed by atoms with Crippen LogP contribution in [0.5, 0.6) is 0 Å². The standard InChI is InChI=1S/C14H17NO2/c1-2-5-11-6-3-4-7-13(11)15-9-8-12(16)10-14(15)17/h3-4,6-7H,2,5,8-10H2,1H3. The Morgan fingerprint density at radius 2 is 2.00 bits per heavy atom. The SMILES string of the molecule is CCCc1ccccc1N1CCC(=O)CC1=O. The highest BCUT2D eigenvalue weighted by molar-refractivity contribution is 6.08. The molecule has 0 aromatic heterocycles. The summed E-state index contributed by atoms with van der Waals surface area (Å²) in [7, 11) is 0. The molecule has 0 radical (unpaired) electrons. The van der Waals surface area contributed by atoms with Crippen molar-refractivity contribution in [2.24, 2.45) is 0 Å². The molecular formula is C14H17NO2. The first-order valence-corrected chi connectivity index (χ1v) is 6.12. The molecule has 3 nitrogen and oxygen atoms in total. The molecule has 1 fully saturated rings. The Bertz CT molecular complexity index is 440. The van der Waals surface area contributed by atoms with Crippen molar-refractivity contribution in [2.45, 2.75) is 32.6 Å². The number of para-hydroxylation sites is 1. The number of nitrogens with zero attached hydrogens (tertiary/aromatic N) is 1. The summed E-state index contributed by atoms with van der Waals surface area (Å²) in [6.45, 7) is 2.65. The molecule has 1 aromatic carbocycles. The van der Waals surface area contributed by atoms with Crippen molar-refractivity contribution in [3.05, 3.63) is 29.8 Å². The predicted octanol–water partition coefficient (Wildman–Crippen LogP) is 2.34. The normalized spacial score (nSPS) is 16.4. The molecule has 0 aliphatic carbocycles. The topological polar surface area (TPSA) is 37.4 Å². The number of carbonyl (C=O) groups is 2. The number of anilines is 1. The maximum absolute atomic E-state index is 11.9. The number of carbonyl (C=O) groups excluding carboxylic acids is 2. The fraction of sp³-hybridized carbons (Fsp3) is 0.429. The third-order valence-electron chi connectivity index (χ3n) is 3.07.